The van der Waals surface area contributed by atoms with Crippen molar-refractivity contribution < 1.29 is 9.15 Å². The molecule has 4 heteroatoms. The Kier molecular flexibility index (Phi) is 4.26. The van der Waals surface area contributed by atoms with Gasteiger partial charge in [0.1, 0.15) is 11.5 Å². The van der Waals surface area contributed by atoms with E-state index in [4.69, 9.17) is 9.15 Å². The van der Waals surface area contributed by atoms with Crippen molar-refractivity contribution in [2.75, 3.05) is 13.2 Å². The summed E-state index contributed by atoms with van der Waals surface area (Å²) in [5, 5.41) is 4.56. The van der Waals surface area contributed by atoms with Crippen molar-refractivity contribution >= 4 is 10.9 Å². The van der Waals surface area contributed by atoms with Crippen LogP contribution in [0.3, 0.4) is 0 Å². The van der Waals surface area contributed by atoms with E-state index in [0.29, 0.717) is 6.61 Å². The first kappa shape index (κ1) is 13.8. The topological polar surface area (TPSA) is 39.3 Å². The number of nitrogens with zero attached hydrogens (tertiary/aromatic N) is 1. The highest BCUT2D eigenvalue weighted by Crippen LogP contribution is 2.26. The molecule has 0 bridgehead atoms. The molecule has 0 atom stereocenters. The molecular formula is C17H20N2O2. The summed E-state index contributed by atoms with van der Waals surface area (Å²) in [5.41, 5.74) is 1.21. The van der Waals surface area contributed by atoms with Crippen molar-refractivity contribution in [1.29, 1.82) is 0 Å². The molecule has 0 aliphatic heterocycles. The van der Waals surface area contributed by atoms with E-state index in [1.54, 1.807) is 6.26 Å². The van der Waals surface area contributed by atoms with Gasteiger partial charge in [-0.15, -0.1) is 0 Å². The van der Waals surface area contributed by atoms with Crippen LogP contribution in [0.25, 0.3) is 10.9 Å². The van der Waals surface area contributed by atoms with Crippen LogP contribution in [0.2, 0.25) is 0 Å². The summed E-state index contributed by atoms with van der Waals surface area (Å²) in [6.07, 6.45) is 3.81. The van der Waals surface area contributed by atoms with E-state index in [-0.39, 0.29) is 0 Å². The van der Waals surface area contributed by atoms with Crippen molar-refractivity contribution in [2.45, 2.75) is 20.0 Å². The SMILES string of the molecule is CCOc1cccc2c1ccn2CCNCc1ccco1. The van der Waals surface area contributed by atoms with E-state index in [9.17, 15) is 0 Å². The molecule has 1 N–H and O–H groups in total. The minimum absolute atomic E-state index is 0.689. The minimum atomic E-state index is 0.689. The molecule has 0 radical (unpaired) electrons. The van der Waals surface area contributed by atoms with E-state index in [0.717, 1.165) is 31.1 Å². The number of nitrogens with one attached hydrogen (secondary N) is 1. The fraction of sp³-hybridized carbons (Fsp3) is 0.294. The molecule has 0 aliphatic rings. The molecule has 2 heterocycles. The van der Waals surface area contributed by atoms with Crippen LogP contribution in [0.5, 0.6) is 5.75 Å². The van der Waals surface area contributed by atoms with Crippen molar-refractivity contribution in [3.8, 4) is 5.75 Å². The number of furan rings is 1. The molecule has 2 aromatic heterocycles. The van der Waals surface area contributed by atoms with E-state index in [1.807, 2.05) is 31.2 Å². The zero-order valence-electron chi connectivity index (χ0n) is 12.2. The van der Waals surface area contributed by atoms with Gasteiger partial charge in [0.25, 0.3) is 0 Å². The molecule has 3 rings (SSSR count). The largest absolute Gasteiger partial charge is 0.493 e. The summed E-state index contributed by atoms with van der Waals surface area (Å²) in [6, 6.07) is 12.2. The standard InChI is InChI=1S/C17H20N2O2/c1-2-20-17-7-3-6-16-15(17)8-10-19(16)11-9-18-13-14-5-4-12-21-14/h3-8,10,12,18H,2,9,11,13H2,1H3. The monoisotopic (exact) mass is 284 g/mol. The zero-order valence-corrected chi connectivity index (χ0v) is 12.2. The maximum atomic E-state index is 5.67. The molecule has 0 saturated heterocycles. The molecule has 1 aromatic carbocycles. The van der Waals surface area contributed by atoms with Gasteiger partial charge >= 0.3 is 0 Å². The predicted molar refractivity (Wildman–Crippen MR) is 83.5 cm³/mol. The minimum Gasteiger partial charge on any atom is -0.493 e. The lowest BCUT2D eigenvalue weighted by atomic mass is 10.2. The fourth-order valence-electron chi connectivity index (χ4n) is 2.50. The maximum absolute atomic E-state index is 5.67. The van der Waals surface area contributed by atoms with Crippen LogP contribution < -0.4 is 10.1 Å². The Labute approximate surface area is 124 Å². The Hall–Kier alpha value is -2.20. The smallest absolute Gasteiger partial charge is 0.128 e. The number of aromatic nitrogens is 1. The number of ether oxygens (including phenoxy) is 1. The summed E-state index contributed by atoms with van der Waals surface area (Å²) in [6.45, 7) is 5.27. The summed E-state index contributed by atoms with van der Waals surface area (Å²) < 4.78 is 13.2. The van der Waals surface area contributed by atoms with Crippen LogP contribution in [0.1, 0.15) is 12.7 Å². The van der Waals surface area contributed by atoms with Gasteiger partial charge in [0.15, 0.2) is 0 Å². The van der Waals surface area contributed by atoms with Gasteiger partial charge in [0, 0.05) is 24.7 Å². The third kappa shape index (κ3) is 3.11. The Bertz CT molecular complexity index is 686. The van der Waals surface area contributed by atoms with Gasteiger partial charge in [0.05, 0.1) is 24.9 Å². The van der Waals surface area contributed by atoms with Crippen LogP contribution in [0.4, 0.5) is 0 Å². The van der Waals surface area contributed by atoms with Crippen molar-refractivity contribution in [3.63, 3.8) is 0 Å². The molecule has 0 saturated carbocycles. The number of benzene rings is 1. The van der Waals surface area contributed by atoms with Crippen LogP contribution >= 0.6 is 0 Å². The molecular weight excluding hydrogens is 264 g/mol. The van der Waals surface area contributed by atoms with Crippen LogP contribution in [-0.4, -0.2) is 17.7 Å². The summed E-state index contributed by atoms with van der Waals surface area (Å²) >= 11 is 0. The Morgan fingerprint density at radius 1 is 1.19 bits per heavy atom. The van der Waals surface area contributed by atoms with E-state index in [2.05, 4.69) is 28.2 Å². The first-order chi connectivity index (χ1) is 10.4. The fourth-order valence-corrected chi connectivity index (χ4v) is 2.50. The molecule has 0 fully saturated rings. The van der Waals surface area contributed by atoms with E-state index < -0.39 is 0 Å². The molecule has 3 aromatic rings. The van der Waals surface area contributed by atoms with Crippen LogP contribution in [0, 0.1) is 0 Å². The highest BCUT2D eigenvalue weighted by atomic mass is 16.5. The van der Waals surface area contributed by atoms with Crippen LogP contribution in [0.15, 0.2) is 53.3 Å². The number of hydrogen-bond acceptors (Lipinski definition) is 3. The van der Waals surface area contributed by atoms with Gasteiger partial charge in [-0.3, -0.25) is 0 Å². The second-order valence-electron chi connectivity index (χ2n) is 4.89. The first-order valence-electron chi connectivity index (χ1n) is 7.32. The second-order valence-corrected chi connectivity index (χ2v) is 4.89. The number of hydrogen-bond donors (Lipinski definition) is 1. The van der Waals surface area contributed by atoms with Gasteiger partial charge in [-0.25, -0.2) is 0 Å². The Balaban J connectivity index is 1.63. The molecule has 4 nitrogen and oxygen atoms in total. The normalized spacial score (nSPS) is 11.1. The highest BCUT2D eigenvalue weighted by Gasteiger charge is 2.05. The number of fused-ring (bicyclic) bond motifs is 1. The van der Waals surface area contributed by atoms with Gasteiger partial charge in [0.2, 0.25) is 0 Å². The quantitative estimate of drug-likeness (QED) is 0.676. The molecule has 0 spiro atoms. The third-order valence-corrected chi connectivity index (χ3v) is 3.48. The van der Waals surface area contributed by atoms with Crippen molar-refractivity contribution in [1.82, 2.24) is 9.88 Å². The second kappa shape index (κ2) is 6.50. The molecule has 0 amide bonds. The lowest BCUT2D eigenvalue weighted by Crippen LogP contribution is -2.18. The highest BCUT2D eigenvalue weighted by molar-refractivity contribution is 5.86. The molecule has 0 unspecified atom stereocenters. The maximum Gasteiger partial charge on any atom is 0.128 e. The van der Waals surface area contributed by atoms with Crippen molar-refractivity contribution in [2.24, 2.45) is 0 Å². The summed E-state index contributed by atoms with van der Waals surface area (Å²) in [5.74, 6) is 1.92. The zero-order chi connectivity index (χ0) is 14.5. The molecule has 21 heavy (non-hydrogen) atoms. The lowest BCUT2D eigenvalue weighted by Gasteiger charge is -2.08. The van der Waals surface area contributed by atoms with Gasteiger partial charge < -0.3 is 19.0 Å². The number of rotatable bonds is 7. The van der Waals surface area contributed by atoms with E-state index >= 15 is 0 Å². The lowest BCUT2D eigenvalue weighted by molar-refractivity contribution is 0.344. The summed E-state index contributed by atoms with van der Waals surface area (Å²) in [7, 11) is 0. The van der Waals surface area contributed by atoms with Gasteiger partial charge in [-0.1, -0.05) is 6.07 Å². The van der Waals surface area contributed by atoms with Gasteiger partial charge in [-0.05, 0) is 37.3 Å². The molecule has 0 aliphatic carbocycles. The third-order valence-electron chi connectivity index (χ3n) is 3.48. The first-order valence-corrected chi connectivity index (χ1v) is 7.32. The average molecular weight is 284 g/mol. The van der Waals surface area contributed by atoms with Crippen molar-refractivity contribution in [3.05, 3.63) is 54.6 Å². The van der Waals surface area contributed by atoms with Gasteiger partial charge in [-0.2, -0.15) is 0 Å². The summed E-state index contributed by atoms with van der Waals surface area (Å²) in [4.78, 5) is 0. The predicted octanol–water partition coefficient (Wildman–Crippen LogP) is 3.42. The van der Waals surface area contributed by atoms with E-state index in [1.165, 1.54) is 10.9 Å². The van der Waals surface area contributed by atoms with Crippen LogP contribution in [-0.2, 0) is 13.1 Å². The average Bonchev–Trinajstić information content (AvgIpc) is 3.14. The Morgan fingerprint density at radius 2 is 2.14 bits per heavy atom. The molecule has 110 valence electrons. The Morgan fingerprint density at radius 3 is 2.95 bits per heavy atom.